The third-order valence-electron chi connectivity index (χ3n) is 1.97. The molecule has 0 aromatic heterocycles. The Morgan fingerprint density at radius 1 is 1.75 bits per heavy atom. The summed E-state index contributed by atoms with van der Waals surface area (Å²) >= 11 is 0. The Labute approximate surface area is 71.7 Å². The highest BCUT2D eigenvalue weighted by molar-refractivity contribution is 5.78. The quantitative estimate of drug-likeness (QED) is 0.583. The van der Waals surface area contributed by atoms with Crippen LogP contribution in [0.25, 0.3) is 0 Å². The number of ether oxygens (including phenoxy) is 1. The first-order valence-electron chi connectivity index (χ1n) is 3.79. The van der Waals surface area contributed by atoms with Crippen molar-refractivity contribution in [2.24, 2.45) is 5.41 Å². The SMILES string of the molecule is COCC(=O)N1CC(C)(C#N)C1. The molecule has 4 nitrogen and oxygen atoms in total. The van der Waals surface area contributed by atoms with Crippen molar-refractivity contribution >= 4 is 5.91 Å². The summed E-state index contributed by atoms with van der Waals surface area (Å²) in [7, 11) is 1.49. The second-order valence-corrected chi connectivity index (χ2v) is 3.36. The maximum atomic E-state index is 11.1. The number of nitriles is 1. The molecule has 4 heteroatoms. The highest BCUT2D eigenvalue weighted by atomic mass is 16.5. The fraction of sp³-hybridized carbons (Fsp3) is 0.750. The molecular formula is C8H12N2O2. The number of carbonyl (C=O) groups is 1. The van der Waals surface area contributed by atoms with Crippen molar-refractivity contribution in [3.63, 3.8) is 0 Å². The van der Waals surface area contributed by atoms with Crippen LogP contribution in [-0.2, 0) is 9.53 Å². The monoisotopic (exact) mass is 168 g/mol. The molecule has 0 atom stereocenters. The van der Waals surface area contributed by atoms with E-state index in [-0.39, 0.29) is 17.9 Å². The van der Waals surface area contributed by atoms with Gasteiger partial charge in [-0.05, 0) is 6.92 Å². The van der Waals surface area contributed by atoms with Gasteiger partial charge in [0.1, 0.15) is 6.61 Å². The molecule has 1 fully saturated rings. The lowest BCUT2D eigenvalue weighted by molar-refractivity contribution is -0.143. The van der Waals surface area contributed by atoms with E-state index in [1.165, 1.54) is 7.11 Å². The molecule has 0 saturated carbocycles. The van der Waals surface area contributed by atoms with Crippen molar-refractivity contribution in [1.82, 2.24) is 4.90 Å². The molecule has 0 aromatic carbocycles. The van der Waals surface area contributed by atoms with Crippen molar-refractivity contribution < 1.29 is 9.53 Å². The molecular weight excluding hydrogens is 156 g/mol. The second-order valence-electron chi connectivity index (χ2n) is 3.36. The van der Waals surface area contributed by atoms with E-state index in [1.54, 1.807) is 4.90 Å². The predicted octanol–water partition coefficient (Wildman–Crippen LogP) is 0.00488. The van der Waals surface area contributed by atoms with Gasteiger partial charge in [0, 0.05) is 20.2 Å². The molecule has 66 valence electrons. The van der Waals surface area contributed by atoms with Gasteiger partial charge in [0.05, 0.1) is 11.5 Å². The highest BCUT2D eigenvalue weighted by Crippen LogP contribution is 2.28. The van der Waals surface area contributed by atoms with Crippen molar-refractivity contribution in [3.8, 4) is 6.07 Å². The molecule has 1 saturated heterocycles. The van der Waals surface area contributed by atoms with Crippen LogP contribution in [0.15, 0.2) is 0 Å². The van der Waals surface area contributed by atoms with E-state index < -0.39 is 0 Å². The van der Waals surface area contributed by atoms with Crippen molar-refractivity contribution in [1.29, 1.82) is 5.26 Å². The van der Waals surface area contributed by atoms with Crippen LogP contribution in [0.5, 0.6) is 0 Å². The molecule has 0 unspecified atom stereocenters. The topological polar surface area (TPSA) is 53.3 Å². The van der Waals surface area contributed by atoms with Gasteiger partial charge in [-0.25, -0.2) is 0 Å². The standard InChI is InChI=1S/C8H12N2O2/c1-8(4-9)5-10(6-8)7(11)3-12-2/h3,5-6H2,1-2H3. The number of likely N-dealkylation sites (tertiary alicyclic amines) is 1. The van der Waals surface area contributed by atoms with E-state index in [1.807, 2.05) is 6.92 Å². The van der Waals surface area contributed by atoms with E-state index in [2.05, 4.69) is 10.8 Å². The number of nitrogens with zero attached hydrogens (tertiary/aromatic N) is 2. The normalized spacial score (nSPS) is 19.6. The molecule has 1 heterocycles. The zero-order valence-corrected chi connectivity index (χ0v) is 7.33. The van der Waals surface area contributed by atoms with Gasteiger partial charge in [-0.3, -0.25) is 4.79 Å². The average molecular weight is 168 g/mol. The molecule has 0 N–H and O–H groups in total. The summed E-state index contributed by atoms with van der Waals surface area (Å²) in [5.41, 5.74) is -0.330. The minimum absolute atomic E-state index is 0.0368. The molecule has 1 amide bonds. The molecule has 0 aromatic rings. The number of carbonyl (C=O) groups excluding carboxylic acids is 1. The van der Waals surface area contributed by atoms with Crippen LogP contribution in [0.3, 0.4) is 0 Å². The van der Waals surface area contributed by atoms with Gasteiger partial charge in [-0.15, -0.1) is 0 Å². The molecule has 0 spiro atoms. The fourth-order valence-electron chi connectivity index (χ4n) is 1.26. The molecule has 0 bridgehead atoms. The largest absolute Gasteiger partial charge is 0.375 e. The summed E-state index contributed by atoms with van der Waals surface area (Å²) in [5.74, 6) is -0.0368. The highest BCUT2D eigenvalue weighted by Gasteiger charge is 2.41. The van der Waals surface area contributed by atoms with Gasteiger partial charge in [0.2, 0.25) is 5.91 Å². The third-order valence-corrected chi connectivity index (χ3v) is 1.97. The van der Waals surface area contributed by atoms with Crippen molar-refractivity contribution in [2.75, 3.05) is 26.8 Å². The molecule has 12 heavy (non-hydrogen) atoms. The lowest BCUT2D eigenvalue weighted by Gasteiger charge is -2.43. The maximum absolute atomic E-state index is 11.1. The minimum Gasteiger partial charge on any atom is -0.375 e. The lowest BCUT2D eigenvalue weighted by Crippen LogP contribution is -2.57. The lowest BCUT2D eigenvalue weighted by atomic mass is 9.84. The summed E-state index contributed by atoms with van der Waals surface area (Å²) in [6, 6.07) is 2.17. The first-order valence-corrected chi connectivity index (χ1v) is 3.79. The second kappa shape index (κ2) is 3.11. The van der Waals surface area contributed by atoms with Crippen LogP contribution in [0.1, 0.15) is 6.92 Å². The number of hydrogen-bond donors (Lipinski definition) is 0. The Balaban J connectivity index is 2.35. The summed E-state index contributed by atoms with van der Waals surface area (Å²) in [6.07, 6.45) is 0. The number of hydrogen-bond acceptors (Lipinski definition) is 3. The van der Waals surface area contributed by atoms with Crippen LogP contribution < -0.4 is 0 Å². The van der Waals surface area contributed by atoms with Crippen LogP contribution in [0.2, 0.25) is 0 Å². The summed E-state index contributed by atoms with van der Waals surface area (Å²) < 4.78 is 4.69. The van der Waals surface area contributed by atoms with E-state index in [0.29, 0.717) is 13.1 Å². The van der Waals surface area contributed by atoms with Gasteiger partial charge < -0.3 is 9.64 Å². The maximum Gasteiger partial charge on any atom is 0.248 e. The van der Waals surface area contributed by atoms with Crippen LogP contribution in [0.4, 0.5) is 0 Å². The number of rotatable bonds is 2. The number of methoxy groups -OCH3 is 1. The zero-order chi connectivity index (χ0) is 9.19. The Hall–Kier alpha value is -1.08. The van der Waals surface area contributed by atoms with E-state index in [0.717, 1.165) is 0 Å². The molecule has 0 radical (unpaired) electrons. The van der Waals surface area contributed by atoms with Gasteiger partial charge in [0.25, 0.3) is 0 Å². The van der Waals surface area contributed by atoms with Crippen LogP contribution in [-0.4, -0.2) is 37.6 Å². The Kier molecular flexibility index (Phi) is 2.34. The smallest absolute Gasteiger partial charge is 0.248 e. The molecule has 0 aliphatic carbocycles. The van der Waals surface area contributed by atoms with Gasteiger partial charge in [-0.1, -0.05) is 0 Å². The minimum atomic E-state index is -0.330. The Morgan fingerprint density at radius 3 is 2.75 bits per heavy atom. The van der Waals surface area contributed by atoms with E-state index in [4.69, 9.17) is 5.26 Å². The summed E-state index contributed by atoms with van der Waals surface area (Å²) in [5, 5.41) is 8.66. The zero-order valence-electron chi connectivity index (χ0n) is 7.33. The van der Waals surface area contributed by atoms with Crippen molar-refractivity contribution in [2.45, 2.75) is 6.92 Å². The van der Waals surface area contributed by atoms with Gasteiger partial charge in [-0.2, -0.15) is 5.26 Å². The number of amides is 1. The summed E-state index contributed by atoms with van der Waals surface area (Å²) in [4.78, 5) is 12.8. The fourth-order valence-corrected chi connectivity index (χ4v) is 1.26. The average Bonchev–Trinajstić information content (AvgIpc) is 1.99. The van der Waals surface area contributed by atoms with Crippen molar-refractivity contribution in [3.05, 3.63) is 0 Å². The Morgan fingerprint density at radius 2 is 2.33 bits per heavy atom. The van der Waals surface area contributed by atoms with Crippen LogP contribution in [0, 0.1) is 16.7 Å². The molecule has 1 rings (SSSR count). The first kappa shape index (κ1) is 9.01. The van der Waals surface area contributed by atoms with E-state index in [9.17, 15) is 4.79 Å². The van der Waals surface area contributed by atoms with E-state index >= 15 is 0 Å². The Bertz CT molecular complexity index is 226. The summed E-state index contributed by atoms with van der Waals surface area (Å²) in [6.45, 7) is 3.03. The van der Waals surface area contributed by atoms with Gasteiger partial charge >= 0.3 is 0 Å². The molecule has 1 aliphatic heterocycles. The van der Waals surface area contributed by atoms with Gasteiger partial charge in [0.15, 0.2) is 0 Å². The van der Waals surface area contributed by atoms with Crippen LogP contribution >= 0.6 is 0 Å². The predicted molar refractivity (Wildman–Crippen MR) is 42.2 cm³/mol. The molecule has 1 aliphatic rings. The third kappa shape index (κ3) is 1.56. The first-order chi connectivity index (χ1) is 5.61.